The van der Waals surface area contributed by atoms with E-state index in [0.717, 1.165) is 17.9 Å². The van der Waals surface area contributed by atoms with Crippen molar-refractivity contribution >= 4 is 34.1 Å². The van der Waals surface area contributed by atoms with Gasteiger partial charge in [-0.05, 0) is 17.7 Å². The fourth-order valence-corrected chi connectivity index (χ4v) is 4.66. The highest BCUT2D eigenvalue weighted by atomic mass is 32.2. The summed E-state index contributed by atoms with van der Waals surface area (Å²) < 4.78 is 0. The van der Waals surface area contributed by atoms with Crippen LogP contribution in [0.2, 0.25) is 0 Å². The summed E-state index contributed by atoms with van der Waals surface area (Å²) in [6.45, 7) is 0. The Kier molecular flexibility index (Phi) is 4.36. The molecule has 120 valence electrons. The number of amides is 1. The van der Waals surface area contributed by atoms with E-state index in [1.807, 2.05) is 24.3 Å². The Hall–Kier alpha value is -2.11. The molecule has 0 radical (unpaired) electrons. The number of carbonyl (C=O) groups is 1. The lowest BCUT2D eigenvalue weighted by Crippen LogP contribution is -2.11. The maximum absolute atomic E-state index is 12.1. The molecular formula is C19H16N2OS2. The van der Waals surface area contributed by atoms with E-state index in [1.165, 1.54) is 20.9 Å². The second-order valence-corrected chi connectivity index (χ2v) is 7.84. The highest BCUT2D eigenvalue weighted by Gasteiger charge is 2.23. The monoisotopic (exact) mass is 352 g/mol. The van der Waals surface area contributed by atoms with Gasteiger partial charge in [0.1, 0.15) is 0 Å². The number of benzene rings is 2. The fourth-order valence-electron chi connectivity index (χ4n) is 2.77. The number of nitrogens with zero attached hydrogens (tertiary/aromatic N) is 1. The molecule has 0 spiro atoms. The van der Waals surface area contributed by atoms with Gasteiger partial charge in [-0.1, -0.05) is 42.5 Å². The van der Waals surface area contributed by atoms with E-state index in [0.29, 0.717) is 11.6 Å². The van der Waals surface area contributed by atoms with Gasteiger partial charge >= 0.3 is 0 Å². The van der Waals surface area contributed by atoms with Crippen LogP contribution in [0.3, 0.4) is 0 Å². The number of fused-ring (bicyclic) bond motifs is 3. The minimum Gasteiger partial charge on any atom is -0.302 e. The van der Waals surface area contributed by atoms with Crippen LogP contribution >= 0.6 is 23.1 Å². The summed E-state index contributed by atoms with van der Waals surface area (Å²) in [6, 6.07) is 18.5. The maximum Gasteiger partial charge on any atom is 0.226 e. The molecule has 1 aliphatic rings. The second kappa shape index (κ2) is 6.79. The van der Waals surface area contributed by atoms with Crippen molar-refractivity contribution in [3.05, 3.63) is 65.0 Å². The van der Waals surface area contributed by atoms with Gasteiger partial charge in [0.15, 0.2) is 5.13 Å². The van der Waals surface area contributed by atoms with E-state index < -0.39 is 0 Å². The summed E-state index contributed by atoms with van der Waals surface area (Å²) in [5.74, 6) is 0.795. The Labute approximate surface area is 149 Å². The first-order chi connectivity index (χ1) is 11.8. The number of aromatic nitrogens is 1. The minimum absolute atomic E-state index is 0.0270. The van der Waals surface area contributed by atoms with Gasteiger partial charge in [-0.2, -0.15) is 0 Å². The number of hydrogen-bond donors (Lipinski definition) is 1. The summed E-state index contributed by atoms with van der Waals surface area (Å²) in [7, 11) is 0. The van der Waals surface area contributed by atoms with Gasteiger partial charge in [0.25, 0.3) is 0 Å². The predicted molar refractivity (Wildman–Crippen MR) is 101 cm³/mol. The second-order valence-electron chi connectivity index (χ2n) is 5.58. The molecule has 3 nitrogen and oxygen atoms in total. The third-order valence-electron chi connectivity index (χ3n) is 3.91. The molecule has 2 aromatic carbocycles. The number of carbonyl (C=O) groups excluding carboxylic acids is 1. The van der Waals surface area contributed by atoms with Crippen LogP contribution < -0.4 is 5.32 Å². The molecule has 0 aliphatic heterocycles. The van der Waals surface area contributed by atoms with Crippen LogP contribution in [0.5, 0.6) is 0 Å². The van der Waals surface area contributed by atoms with Crippen LogP contribution in [-0.2, 0) is 11.2 Å². The SMILES string of the molecule is O=C(CCSc1ccccc1)Nc1nc2c(s1)Cc1ccccc1-2. The van der Waals surface area contributed by atoms with Crippen LogP contribution in [0.1, 0.15) is 16.9 Å². The summed E-state index contributed by atoms with van der Waals surface area (Å²) in [5.41, 5.74) is 3.55. The summed E-state index contributed by atoms with van der Waals surface area (Å²) >= 11 is 3.28. The van der Waals surface area contributed by atoms with Crippen molar-refractivity contribution in [2.45, 2.75) is 17.7 Å². The topological polar surface area (TPSA) is 42.0 Å². The average molecular weight is 352 g/mol. The van der Waals surface area contributed by atoms with E-state index in [4.69, 9.17) is 0 Å². The van der Waals surface area contributed by atoms with Crippen LogP contribution in [0.25, 0.3) is 11.3 Å². The zero-order valence-corrected chi connectivity index (χ0v) is 14.6. The summed E-state index contributed by atoms with van der Waals surface area (Å²) in [4.78, 5) is 19.2. The average Bonchev–Trinajstić information content (AvgIpc) is 3.13. The molecule has 0 atom stereocenters. The molecule has 0 saturated heterocycles. The fraction of sp³-hybridized carbons (Fsp3) is 0.158. The molecule has 0 bridgehead atoms. The zero-order valence-electron chi connectivity index (χ0n) is 13.0. The first-order valence-corrected chi connectivity index (χ1v) is 9.65. The Balaban J connectivity index is 1.35. The Bertz CT molecular complexity index is 874. The third kappa shape index (κ3) is 3.23. The lowest BCUT2D eigenvalue weighted by Gasteiger charge is -2.03. The lowest BCUT2D eigenvalue weighted by atomic mass is 10.1. The highest BCUT2D eigenvalue weighted by molar-refractivity contribution is 7.99. The van der Waals surface area contributed by atoms with E-state index in [9.17, 15) is 4.79 Å². The number of thiazole rings is 1. The van der Waals surface area contributed by atoms with Crippen molar-refractivity contribution in [3.63, 3.8) is 0 Å². The molecule has 0 unspecified atom stereocenters. The van der Waals surface area contributed by atoms with Gasteiger partial charge < -0.3 is 5.32 Å². The molecule has 0 fully saturated rings. The molecule has 4 rings (SSSR count). The number of hydrogen-bond acceptors (Lipinski definition) is 4. The van der Waals surface area contributed by atoms with Crippen molar-refractivity contribution in [1.82, 2.24) is 4.98 Å². The Morgan fingerprint density at radius 3 is 2.79 bits per heavy atom. The molecule has 0 saturated carbocycles. The van der Waals surface area contributed by atoms with E-state index >= 15 is 0 Å². The normalized spacial score (nSPS) is 11.8. The smallest absolute Gasteiger partial charge is 0.226 e. The molecule has 24 heavy (non-hydrogen) atoms. The lowest BCUT2D eigenvalue weighted by molar-refractivity contribution is -0.115. The van der Waals surface area contributed by atoms with Crippen molar-refractivity contribution in [2.75, 3.05) is 11.1 Å². The van der Waals surface area contributed by atoms with Crippen LogP contribution in [-0.4, -0.2) is 16.6 Å². The molecule has 1 aromatic heterocycles. The standard InChI is InChI=1S/C19H16N2OS2/c22-17(10-11-23-14-7-2-1-3-8-14)20-19-21-18-15-9-5-4-6-13(15)12-16(18)24-19/h1-9H,10-12H2,(H,20,21,22). The number of thioether (sulfide) groups is 1. The summed E-state index contributed by atoms with van der Waals surface area (Å²) in [5, 5.41) is 3.66. The third-order valence-corrected chi connectivity index (χ3v) is 5.89. The molecule has 1 N–H and O–H groups in total. The van der Waals surface area contributed by atoms with E-state index in [2.05, 4.69) is 40.6 Å². The molecule has 1 aliphatic carbocycles. The molecule has 5 heteroatoms. The van der Waals surface area contributed by atoms with Crippen molar-refractivity contribution in [1.29, 1.82) is 0 Å². The number of anilines is 1. The van der Waals surface area contributed by atoms with E-state index in [-0.39, 0.29) is 5.91 Å². The van der Waals surface area contributed by atoms with Gasteiger partial charge in [0, 0.05) is 33.9 Å². The Morgan fingerprint density at radius 1 is 1.12 bits per heavy atom. The number of rotatable bonds is 5. The Morgan fingerprint density at radius 2 is 1.92 bits per heavy atom. The highest BCUT2D eigenvalue weighted by Crippen LogP contribution is 2.40. The quantitative estimate of drug-likeness (QED) is 0.523. The maximum atomic E-state index is 12.1. The van der Waals surface area contributed by atoms with Gasteiger partial charge in [-0.3, -0.25) is 4.79 Å². The molecule has 1 amide bonds. The summed E-state index contributed by atoms with van der Waals surface area (Å²) in [6.07, 6.45) is 1.41. The largest absolute Gasteiger partial charge is 0.302 e. The van der Waals surface area contributed by atoms with Gasteiger partial charge in [0.2, 0.25) is 5.91 Å². The van der Waals surface area contributed by atoms with Crippen molar-refractivity contribution in [2.24, 2.45) is 0 Å². The zero-order chi connectivity index (χ0) is 16.4. The van der Waals surface area contributed by atoms with Gasteiger partial charge in [-0.15, -0.1) is 23.1 Å². The predicted octanol–water partition coefficient (Wildman–Crippen LogP) is 4.84. The van der Waals surface area contributed by atoms with Gasteiger partial charge in [-0.25, -0.2) is 4.98 Å². The van der Waals surface area contributed by atoms with E-state index in [1.54, 1.807) is 23.1 Å². The molecule has 1 heterocycles. The molecular weight excluding hydrogens is 336 g/mol. The van der Waals surface area contributed by atoms with Crippen molar-refractivity contribution in [3.8, 4) is 11.3 Å². The molecule has 3 aromatic rings. The number of nitrogens with one attached hydrogen (secondary N) is 1. The minimum atomic E-state index is 0.0270. The van der Waals surface area contributed by atoms with Gasteiger partial charge in [0.05, 0.1) is 5.69 Å². The van der Waals surface area contributed by atoms with Crippen LogP contribution in [0.4, 0.5) is 5.13 Å². The first-order valence-electron chi connectivity index (χ1n) is 7.85. The van der Waals surface area contributed by atoms with Crippen LogP contribution in [0.15, 0.2) is 59.5 Å². The van der Waals surface area contributed by atoms with Crippen LogP contribution in [0, 0.1) is 0 Å². The first kappa shape index (κ1) is 15.4. The van der Waals surface area contributed by atoms with Crippen molar-refractivity contribution < 1.29 is 4.79 Å².